The van der Waals surface area contributed by atoms with Gasteiger partial charge in [0.2, 0.25) is 5.91 Å². The zero-order valence-electron chi connectivity index (χ0n) is 12.4. The molecule has 22 heavy (non-hydrogen) atoms. The number of ether oxygens (including phenoxy) is 1. The predicted octanol–water partition coefficient (Wildman–Crippen LogP) is 1.81. The van der Waals surface area contributed by atoms with Crippen molar-refractivity contribution in [2.75, 3.05) is 19.0 Å². The van der Waals surface area contributed by atoms with Crippen molar-refractivity contribution in [1.82, 2.24) is 4.90 Å². The minimum absolute atomic E-state index is 0.111. The molecule has 3 rings (SSSR count). The van der Waals surface area contributed by atoms with E-state index in [-0.39, 0.29) is 23.8 Å². The Morgan fingerprint density at radius 2 is 2.09 bits per heavy atom. The maximum Gasteiger partial charge on any atom is 0.261 e. The normalized spacial score (nSPS) is 20.4. The highest BCUT2D eigenvalue weighted by Crippen LogP contribution is 2.25. The summed E-state index contributed by atoms with van der Waals surface area (Å²) < 4.78 is 5.48. The molecule has 1 saturated heterocycles. The van der Waals surface area contributed by atoms with E-state index < -0.39 is 0 Å². The van der Waals surface area contributed by atoms with E-state index in [0.717, 1.165) is 24.3 Å². The van der Waals surface area contributed by atoms with Crippen molar-refractivity contribution in [2.24, 2.45) is 0 Å². The highest BCUT2D eigenvalue weighted by molar-refractivity contribution is 6.21. The van der Waals surface area contributed by atoms with Crippen molar-refractivity contribution in [3.05, 3.63) is 29.3 Å². The molecule has 1 unspecified atom stereocenters. The van der Waals surface area contributed by atoms with Gasteiger partial charge in [-0.3, -0.25) is 19.3 Å². The van der Waals surface area contributed by atoms with Gasteiger partial charge in [-0.25, -0.2) is 0 Å². The van der Waals surface area contributed by atoms with E-state index in [4.69, 9.17) is 4.74 Å². The van der Waals surface area contributed by atoms with Gasteiger partial charge < -0.3 is 10.1 Å². The average Bonchev–Trinajstić information content (AvgIpc) is 3.10. The number of nitrogens with one attached hydrogen (secondary N) is 1. The smallest absolute Gasteiger partial charge is 0.261 e. The third-order valence-corrected chi connectivity index (χ3v) is 4.09. The first-order valence-corrected chi connectivity index (χ1v) is 7.44. The van der Waals surface area contributed by atoms with Crippen LogP contribution >= 0.6 is 0 Å². The molecule has 2 heterocycles. The molecule has 1 N–H and O–H groups in total. The lowest BCUT2D eigenvalue weighted by Gasteiger charge is -2.09. The van der Waals surface area contributed by atoms with E-state index in [1.54, 1.807) is 18.2 Å². The van der Waals surface area contributed by atoms with Crippen molar-refractivity contribution in [3.8, 4) is 0 Å². The van der Waals surface area contributed by atoms with E-state index in [1.807, 2.05) is 0 Å². The molecule has 1 aromatic carbocycles. The van der Waals surface area contributed by atoms with Crippen LogP contribution in [0, 0.1) is 0 Å². The molecule has 0 saturated carbocycles. The standard InChI is InChI=1S/C16H18N2O4/c1-18-15(20)12-6-4-10(9-13(12)16(18)21)17-14(19)7-5-11-3-2-8-22-11/h4,6,9,11H,2-3,5,7-8H2,1H3,(H,17,19). The van der Waals surface area contributed by atoms with Crippen molar-refractivity contribution in [2.45, 2.75) is 31.8 Å². The zero-order chi connectivity index (χ0) is 15.7. The van der Waals surface area contributed by atoms with Gasteiger partial charge in [0.15, 0.2) is 0 Å². The average molecular weight is 302 g/mol. The fourth-order valence-corrected chi connectivity index (χ4v) is 2.83. The number of carbonyl (C=O) groups is 3. The Bertz CT molecular complexity index is 635. The van der Waals surface area contributed by atoms with Gasteiger partial charge in [0, 0.05) is 25.8 Å². The highest BCUT2D eigenvalue weighted by atomic mass is 16.5. The second-order valence-corrected chi connectivity index (χ2v) is 5.65. The molecule has 0 spiro atoms. The number of fused-ring (bicyclic) bond motifs is 1. The van der Waals surface area contributed by atoms with Crippen LogP contribution in [0.2, 0.25) is 0 Å². The van der Waals surface area contributed by atoms with Gasteiger partial charge in [-0.05, 0) is 37.5 Å². The molecule has 0 aliphatic carbocycles. The molecule has 0 aromatic heterocycles. The van der Waals surface area contributed by atoms with Gasteiger partial charge in [-0.2, -0.15) is 0 Å². The Labute approximate surface area is 128 Å². The SMILES string of the molecule is CN1C(=O)c2ccc(NC(=O)CCC3CCCO3)cc2C1=O. The summed E-state index contributed by atoms with van der Waals surface area (Å²) in [5.41, 5.74) is 1.25. The fraction of sp³-hybridized carbons (Fsp3) is 0.438. The van der Waals surface area contributed by atoms with E-state index in [1.165, 1.54) is 7.05 Å². The van der Waals surface area contributed by atoms with Crippen LogP contribution in [0.1, 0.15) is 46.4 Å². The summed E-state index contributed by atoms with van der Waals surface area (Å²) in [6.45, 7) is 0.779. The molecule has 2 aliphatic heterocycles. The van der Waals surface area contributed by atoms with Gasteiger partial charge in [0.25, 0.3) is 11.8 Å². The summed E-state index contributed by atoms with van der Waals surface area (Å²) in [5, 5.41) is 2.77. The van der Waals surface area contributed by atoms with E-state index in [0.29, 0.717) is 29.7 Å². The van der Waals surface area contributed by atoms with Crippen LogP contribution in [0.4, 0.5) is 5.69 Å². The molecular formula is C16H18N2O4. The molecule has 6 nitrogen and oxygen atoms in total. The van der Waals surface area contributed by atoms with Crippen molar-refractivity contribution in [1.29, 1.82) is 0 Å². The van der Waals surface area contributed by atoms with Crippen molar-refractivity contribution >= 4 is 23.4 Å². The molecule has 0 radical (unpaired) electrons. The Kier molecular flexibility index (Phi) is 3.94. The van der Waals surface area contributed by atoms with E-state index >= 15 is 0 Å². The van der Waals surface area contributed by atoms with Crippen LogP contribution in [0.15, 0.2) is 18.2 Å². The largest absolute Gasteiger partial charge is 0.378 e. The number of hydrogen-bond acceptors (Lipinski definition) is 4. The van der Waals surface area contributed by atoms with Crippen molar-refractivity contribution < 1.29 is 19.1 Å². The predicted molar refractivity (Wildman–Crippen MR) is 79.7 cm³/mol. The topological polar surface area (TPSA) is 75.7 Å². The maximum absolute atomic E-state index is 12.0. The van der Waals surface area contributed by atoms with Gasteiger partial charge >= 0.3 is 0 Å². The van der Waals surface area contributed by atoms with Crippen LogP contribution in [-0.4, -0.2) is 42.4 Å². The van der Waals surface area contributed by atoms with Gasteiger partial charge in [-0.15, -0.1) is 0 Å². The highest BCUT2D eigenvalue weighted by Gasteiger charge is 2.32. The molecule has 6 heteroatoms. The third kappa shape index (κ3) is 2.74. The molecule has 0 bridgehead atoms. The Balaban J connectivity index is 1.63. The molecule has 2 aliphatic rings. The zero-order valence-corrected chi connectivity index (χ0v) is 12.4. The van der Waals surface area contributed by atoms with Crippen LogP contribution in [0.5, 0.6) is 0 Å². The first-order chi connectivity index (χ1) is 10.6. The second kappa shape index (κ2) is 5.88. The van der Waals surface area contributed by atoms with E-state index in [9.17, 15) is 14.4 Å². The molecule has 116 valence electrons. The van der Waals surface area contributed by atoms with Crippen LogP contribution < -0.4 is 5.32 Å². The minimum atomic E-state index is -0.338. The van der Waals surface area contributed by atoms with Gasteiger partial charge in [-0.1, -0.05) is 0 Å². The number of amides is 3. The molecule has 1 atom stereocenters. The third-order valence-electron chi connectivity index (χ3n) is 4.09. The monoisotopic (exact) mass is 302 g/mol. The molecule has 1 fully saturated rings. The number of rotatable bonds is 4. The summed E-state index contributed by atoms with van der Waals surface area (Å²) >= 11 is 0. The maximum atomic E-state index is 12.0. The number of imide groups is 1. The second-order valence-electron chi connectivity index (χ2n) is 5.65. The summed E-state index contributed by atoms with van der Waals surface area (Å²) in [7, 11) is 1.45. The lowest BCUT2D eigenvalue weighted by Crippen LogP contribution is -2.24. The number of hydrogen-bond donors (Lipinski definition) is 1. The molecular weight excluding hydrogens is 284 g/mol. The number of benzene rings is 1. The van der Waals surface area contributed by atoms with Crippen LogP contribution in [0.25, 0.3) is 0 Å². The van der Waals surface area contributed by atoms with Gasteiger partial charge in [0.05, 0.1) is 17.2 Å². The summed E-state index contributed by atoms with van der Waals surface area (Å²) in [5.74, 6) is -0.757. The van der Waals surface area contributed by atoms with Gasteiger partial charge in [0.1, 0.15) is 0 Å². The first kappa shape index (κ1) is 14.7. The number of nitrogens with zero attached hydrogens (tertiary/aromatic N) is 1. The Morgan fingerprint density at radius 3 is 2.82 bits per heavy atom. The molecule has 3 amide bonds. The van der Waals surface area contributed by atoms with Crippen molar-refractivity contribution in [3.63, 3.8) is 0 Å². The fourth-order valence-electron chi connectivity index (χ4n) is 2.83. The Hall–Kier alpha value is -2.21. The Morgan fingerprint density at radius 1 is 1.32 bits per heavy atom. The summed E-state index contributed by atoms with van der Waals surface area (Å²) in [4.78, 5) is 36.7. The van der Waals surface area contributed by atoms with Crippen LogP contribution in [0.3, 0.4) is 0 Å². The van der Waals surface area contributed by atoms with E-state index in [2.05, 4.69) is 5.32 Å². The molecule has 1 aromatic rings. The number of carbonyl (C=O) groups excluding carboxylic acids is 3. The summed E-state index contributed by atoms with van der Waals surface area (Å²) in [6, 6.07) is 4.78. The summed E-state index contributed by atoms with van der Waals surface area (Å²) in [6.07, 6.45) is 3.33. The number of anilines is 1. The first-order valence-electron chi connectivity index (χ1n) is 7.44. The lowest BCUT2D eigenvalue weighted by molar-refractivity contribution is -0.116. The lowest BCUT2D eigenvalue weighted by atomic mass is 10.1. The minimum Gasteiger partial charge on any atom is -0.378 e. The quantitative estimate of drug-likeness (QED) is 0.861. The van der Waals surface area contributed by atoms with Crippen LogP contribution in [-0.2, 0) is 9.53 Å².